The van der Waals surface area contributed by atoms with Gasteiger partial charge in [0, 0.05) is 16.1 Å². The number of carbonyl (C=O) groups excluding carboxylic acids is 1. The van der Waals surface area contributed by atoms with E-state index in [2.05, 4.69) is 15.9 Å². The molecule has 0 amide bonds. The summed E-state index contributed by atoms with van der Waals surface area (Å²) in [6, 6.07) is 15.3. The lowest BCUT2D eigenvalue weighted by Crippen LogP contribution is -1.93. The van der Waals surface area contributed by atoms with Gasteiger partial charge in [0.15, 0.2) is 5.78 Å². The van der Waals surface area contributed by atoms with E-state index in [1.54, 1.807) is 61.5 Å². The average Bonchev–Trinajstić information content (AvgIpc) is 3.09. The molecule has 0 radical (unpaired) electrons. The van der Waals surface area contributed by atoms with Crippen molar-refractivity contribution in [2.45, 2.75) is 6.92 Å². The van der Waals surface area contributed by atoms with E-state index in [1.165, 1.54) is 12.1 Å². The number of nitro benzene ring substituents is 1. The van der Waals surface area contributed by atoms with Crippen molar-refractivity contribution >= 4 is 33.5 Å². The average molecular weight is 412 g/mol. The van der Waals surface area contributed by atoms with E-state index in [0.717, 1.165) is 10.0 Å². The van der Waals surface area contributed by atoms with Crippen LogP contribution < -0.4 is 0 Å². The van der Waals surface area contributed by atoms with Gasteiger partial charge in [0.2, 0.25) is 0 Å². The molecule has 0 aliphatic rings. The molecule has 0 saturated carbocycles. The molecule has 5 nitrogen and oxygen atoms in total. The Labute approximate surface area is 158 Å². The molecule has 0 N–H and O–H groups in total. The Morgan fingerprint density at radius 1 is 1.12 bits per heavy atom. The van der Waals surface area contributed by atoms with Crippen molar-refractivity contribution in [1.29, 1.82) is 0 Å². The number of nitro groups is 1. The highest BCUT2D eigenvalue weighted by Gasteiger charge is 2.18. The Bertz CT molecular complexity index is 1000. The van der Waals surface area contributed by atoms with Gasteiger partial charge in [0.05, 0.1) is 10.5 Å². The maximum atomic E-state index is 12.2. The van der Waals surface area contributed by atoms with Crippen LogP contribution in [0.5, 0.6) is 0 Å². The van der Waals surface area contributed by atoms with Gasteiger partial charge in [-0.05, 0) is 67.1 Å². The summed E-state index contributed by atoms with van der Waals surface area (Å²) in [6.07, 6.45) is 2.96. The summed E-state index contributed by atoms with van der Waals surface area (Å²) in [7, 11) is 0. The zero-order chi connectivity index (χ0) is 18.7. The second-order valence-electron chi connectivity index (χ2n) is 5.68. The lowest BCUT2D eigenvalue weighted by atomic mass is 10.1. The van der Waals surface area contributed by atoms with E-state index >= 15 is 0 Å². The van der Waals surface area contributed by atoms with Gasteiger partial charge in [-0.15, -0.1) is 0 Å². The van der Waals surface area contributed by atoms with E-state index in [0.29, 0.717) is 22.6 Å². The van der Waals surface area contributed by atoms with E-state index in [9.17, 15) is 14.9 Å². The molecule has 3 rings (SSSR count). The summed E-state index contributed by atoms with van der Waals surface area (Å²) in [5.74, 6) is 0.671. The molecule has 0 aliphatic carbocycles. The molecule has 130 valence electrons. The fourth-order valence-corrected chi connectivity index (χ4v) is 2.72. The molecule has 0 spiro atoms. The van der Waals surface area contributed by atoms with Crippen LogP contribution >= 0.6 is 15.9 Å². The highest BCUT2D eigenvalue weighted by atomic mass is 79.9. The normalized spacial score (nSPS) is 11.0. The summed E-state index contributed by atoms with van der Waals surface area (Å²) < 4.78 is 6.55. The third-order valence-corrected chi connectivity index (χ3v) is 4.30. The molecule has 26 heavy (non-hydrogen) atoms. The van der Waals surface area contributed by atoms with Crippen molar-refractivity contribution in [2.75, 3.05) is 0 Å². The smallest absolute Gasteiger partial charge is 0.280 e. The Kier molecular flexibility index (Phi) is 5.14. The number of aryl methyl sites for hydroxylation is 1. The zero-order valence-electron chi connectivity index (χ0n) is 13.8. The summed E-state index contributed by atoms with van der Waals surface area (Å²) in [5, 5.41) is 11.3. The highest BCUT2D eigenvalue weighted by Crippen LogP contribution is 2.32. The number of halogens is 1. The highest BCUT2D eigenvalue weighted by molar-refractivity contribution is 9.10. The third-order valence-electron chi connectivity index (χ3n) is 3.77. The van der Waals surface area contributed by atoms with E-state index in [4.69, 9.17) is 4.42 Å². The Morgan fingerprint density at radius 3 is 2.54 bits per heavy atom. The second-order valence-corrected chi connectivity index (χ2v) is 6.60. The number of carbonyl (C=O) groups is 1. The van der Waals surface area contributed by atoms with Crippen molar-refractivity contribution in [3.8, 4) is 11.3 Å². The standard InChI is InChI=1S/C20H14BrNO4/c1-13-2-9-17(18(12-13)22(24)25)20-11-8-16(26-20)7-10-19(23)14-3-5-15(21)6-4-14/h2-12H,1H3. The van der Waals surface area contributed by atoms with Crippen LogP contribution in [-0.4, -0.2) is 10.7 Å². The first kappa shape index (κ1) is 17.8. The number of hydrogen-bond donors (Lipinski definition) is 0. The van der Waals surface area contributed by atoms with Gasteiger partial charge in [0.1, 0.15) is 11.5 Å². The first-order valence-electron chi connectivity index (χ1n) is 7.77. The van der Waals surface area contributed by atoms with Gasteiger partial charge < -0.3 is 4.42 Å². The molecule has 2 aromatic carbocycles. The molecular weight excluding hydrogens is 398 g/mol. The fraction of sp³-hybridized carbons (Fsp3) is 0.0500. The summed E-state index contributed by atoms with van der Waals surface area (Å²) >= 11 is 3.32. The molecule has 0 atom stereocenters. The number of hydrogen-bond acceptors (Lipinski definition) is 4. The minimum absolute atomic E-state index is 0.0131. The molecular formula is C20H14BrNO4. The molecule has 0 fully saturated rings. The van der Waals surface area contributed by atoms with Gasteiger partial charge in [0.25, 0.3) is 5.69 Å². The van der Waals surface area contributed by atoms with Crippen molar-refractivity contribution < 1.29 is 14.1 Å². The summed E-state index contributed by atoms with van der Waals surface area (Å²) in [4.78, 5) is 23.0. The van der Waals surface area contributed by atoms with Crippen LogP contribution in [0, 0.1) is 17.0 Å². The largest absolute Gasteiger partial charge is 0.456 e. The molecule has 0 aliphatic heterocycles. The van der Waals surface area contributed by atoms with E-state index in [1.807, 2.05) is 0 Å². The number of nitrogens with zero attached hydrogens (tertiary/aromatic N) is 1. The monoisotopic (exact) mass is 411 g/mol. The van der Waals surface area contributed by atoms with Gasteiger partial charge in [-0.3, -0.25) is 14.9 Å². The molecule has 0 bridgehead atoms. The Morgan fingerprint density at radius 2 is 1.85 bits per heavy atom. The Hall–Kier alpha value is -2.99. The lowest BCUT2D eigenvalue weighted by Gasteiger charge is -2.01. The van der Waals surface area contributed by atoms with Crippen molar-refractivity contribution in [2.24, 2.45) is 0 Å². The fourth-order valence-electron chi connectivity index (χ4n) is 2.46. The molecule has 3 aromatic rings. The van der Waals surface area contributed by atoms with Crippen LogP contribution in [0.15, 0.2) is 69.6 Å². The molecule has 0 unspecified atom stereocenters. The van der Waals surface area contributed by atoms with E-state index in [-0.39, 0.29) is 11.5 Å². The number of allylic oxidation sites excluding steroid dienone is 1. The summed E-state index contributed by atoms with van der Waals surface area (Å²) in [5.41, 5.74) is 1.75. The molecule has 6 heteroatoms. The topological polar surface area (TPSA) is 73.3 Å². The van der Waals surface area contributed by atoms with Gasteiger partial charge >= 0.3 is 0 Å². The van der Waals surface area contributed by atoms with Crippen molar-refractivity contribution in [1.82, 2.24) is 0 Å². The molecule has 0 saturated heterocycles. The zero-order valence-corrected chi connectivity index (χ0v) is 15.4. The van der Waals surface area contributed by atoms with Crippen molar-refractivity contribution in [3.05, 3.63) is 92.1 Å². The maximum absolute atomic E-state index is 12.2. The minimum atomic E-state index is -0.433. The van der Waals surface area contributed by atoms with Gasteiger partial charge in [-0.25, -0.2) is 0 Å². The van der Waals surface area contributed by atoms with Gasteiger partial charge in [-0.2, -0.15) is 0 Å². The van der Waals surface area contributed by atoms with Gasteiger partial charge in [-0.1, -0.05) is 22.0 Å². The summed E-state index contributed by atoms with van der Waals surface area (Å²) in [6.45, 7) is 1.79. The van der Waals surface area contributed by atoms with Crippen LogP contribution in [-0.2, 0) is 0 Å². The predicted molar refractivity (Wildman–Crippen MR) is 103 cm³/mol. The van der Waals surface area contributed by atoms with Crippen LogP contribution in [0.25, 0.3) is 17.4 Å². The Balaban J connectivity index is 1.83. The molecule has 1 heterocycles. The van der Waals surface area contributed by atoms with E-state index < -0.39 is 4.92 Å². The number of benzene rings is 2. The molecule has 1 aromatic heterocycles. The van der Waals surface area contributed by atoms with Crippen LogP contribution in [0.2, 0.25) is 0 Å². The predicted octanol–water partition coefficient (Wildman–Crippen LogP) is 5.82. The van der Waals surface area contributed by atoms with Crippen molar-refractivity contribution in [3.63, 3.8) is 0 Å². The van der Waals surface area contributed by atoms with Crippen LogP contribution in [0.1, 0.15) is 21.7 Å². The third kappa shape index (κ3) is 3.97. The lowest BCUT2D eigenvalue weighted by molar-refractivity contribution is -0.384. The second kappa shape index (κ2) is 7.49. The quantitative estimate of drug-likeness (QED) is 0.229. The maximum Gasteiger partial charge on any atom is 0.280 e. The van der Waals surface area contributed by atoms with Crippen LogP contribution in [0.4, 0.5) is 5.69 Å². The van der Waals surface area contributed by atoms with Crippen LogP contribution in [0.3, 0.4) is 0 Å². The minimum Gasteiger partial charge on any atom is -0.456 e. The number of ketones is 1. The first-order chi connectivity index (χ1) is 12.4. The first-order valence-corrected chi connectivity index (χ1v) is 8.56. The number of rotatable bonds is 5. The SMILES string of the molecule is Cc1ccc(-c2ccc(C=CC(=O)c3ccc(Br)cc3)o2)c([N+](=O)[O-])c1. The number of furan rings is 1.